The summed E-state index contributed by atoms with van der Waals surface area (Å²) in [6.07, 6.45) is 0.557. The Morgan fingerprint density at radius 3 is 3.11 bits per heavy atom. The summed E-state index contributed by atoms with van der Waals surface area (Å²) in [6, 6.07) is 5.93. The summed E-state index contributed by atoms with van der Waals surface area (Å²) in [7, 11) is 0. The minimum Gasteiger partial charge on any atom is -0.454 e. The van der Waals surface area contributed by atoms with Crippen LogP contribution in [-0.2, 0) is 4.79 Å². The van der Waals surface area contributed by atoms with Gasteiger partial charge in [-0.3, -0.25) is 4.79 Å². The van der Waals surface area contributed by atoms with Crippen molar-refractivity contribution in [1.29, 1.82) is 0 Å². The van der Waals surface area contributed by atoms with Gasteiger partial charge in [0.05, 0.1) is 0 Å². The fourth-order valence-corrected chi connectivity index (χ4v) is 3.54. The fourth-order valence-electron chi connectivity index (χ4n) is 2.27. The molecule has 1 unspecified atom stereocenters. The van der Waals surface area contributed by atoms with Crippen molar-refractivity contribution in [3.63, 3.8) is 0 Å². The SMILES string of the molecule is CCC(=O)N1CCSC1c1ccc2c(c1)OCO2. The maximum Gasteiger partial charge on any atom is 0.231 e. The van der Waals surface area contributed by atoms with Crippen molar-refractivity contribution >= 4 is 17.7 Å². The molecule has 0 aliphatic carbocycles. The van der Waals surface area contributed by atoms with Crippen LogP contribution >= 0.6 is 11.8 Å². The standard InChI is InChI=1S/C13H15NO3S/c1-2-12(15)14-5-6-18-13(14)9-3-4-10-11(7-9)17-8-16-10/h3-4,7,13H,2,5-6,8H2,1H3. The topological polar surface area (TPSA) is 38.8 Å². The molecule has 0 aromatic heterocycles. The highest BCUT2D eigenvalue weighted by atomic mass is 32.2. The second-order valence-corrected chi connectivity index (χ2v) is 5.46. The normalized spacial score (nSPS) is 21.4. The minimum atomic E-state index is 0.118. The molecule has 5 heteroatoms. The van der Waals surface area contributed by atoms with Gasteiger partial charge in [-0.05, 0) is 17.7 Å². The van der Waals surface area contributed by atoms with Gasteiger partial charge >= 0.3 is 0 Å². The molecule has 3 rings (SSSR count). The number of amides is 1. The first kappa shape index (κ1) is 11.7. The Morgan fingerprint density at radius 2 is 2.28 bits per heavy atom. The van der Waals surface area contributed by atoms with E-state index in [9.17, 15) is 4.79 Å². The van der Waals surface area contributed by atoms with Crippen LogP contribution in [0.15, 0.2) is 18.2 Å². The molecule has 1 aromatic rings. The number of fused-ring (bicyclic) bond motifs is 1. The number of hydrogen-bond acceptors (Lipinski definition) is 4. The average Bonchev–Trinajstić information content (AvgIpc) is 3.05. The van der Waals surface area contributed by atoms with Gasteiger partial charge in [-0.2, -0.15) is 0 Å². The second kappa shape index (κ2) is 4.72. The van der Waals surface area contributed by atoms with E-state index in [-0.39, 0.29) is 18.1 Å². The van der Waals surface area contributed by atoms with Crippen molar-refractivity contribution in [2.75, 3.05) is 19.1 Å². The van der Waals surface area contributed by atoms with E-state index >= 15 is 0 Å². The third-order valence-electron chi connectivity index (χ3n) is 3.20. The van der Waals surface area contributed by atoms with Gasteiger partial charge in [0, 0.05) is 18.7 Å². The van der Waals surface area contributed by atoms with Crippen LogP contribution in [0.5, 0.6) is 11.5 Å². The summed E-state index contributed by atoms with van der Waals surface area (Å²) in [5, 5.41) is 0.118. The molecule has 1 saturated heterocycles. The monoisotopic (exact) mass is 265 g/mol. The summed E-state index contributed by atoms with van der Waals surface area (Å²) < 4.78 is 10.7. The summed E-state index contributed by atoms with van der Waals surface area (Å²) in [5.74, 6) is 2.77. The number of carbonyl (C=O) groups excluding carboxylic acids is 1. The Labute approximate surface area is 110 Å². The third kappa shape index (κ3) is 1.92. The zero-order valence-electron chi connectivity index (χ0n) is 10.2. The summed E-state index contributed by atoms with van der Waals surface area (Å²) in [6.45, 7) is 3.02. The van der Waals surface area contributed by atoms with Crippen LogP contribution in [-0.4, -0.2) is 29.9 Å². The molecule has 0 spiro atoms. The molecule has 1 fully saturated rings. The number of ether oxygens (including phenoxy) is 2. The molecule has 0 bridgehead atoms. The quantitative estimate of drug-likeness (QED) is 0.823. The number of nitrogens with zero attached hydrogens (tertiary/aromatic N) is 1. The Morgan fingerprint density at radius 1 is 1.44 bits per heavy atom. The third-order valence-corrected chi connectivity index (χ3v) is 4.46. The van der Waals surface area contributed by atoms with E-state index in [1.807, 2.05) is 30.0 Å². The molecule has 4 nitrogen and oxygen atoms in total. The van der Waals surface area contributed by atoms with Crippen molar-refractivity contribution in [2.24, 2.45) is 0 Å². The lowest BCUT2D eigenvalue weighted by Gasteiger charge is -2.23. The smallest absolute Gasteiger partial charge is 0.231 e. The number of carbonyl (C=O) groups is 1. The van der Waals surface area contributed by atoms with Gasteiger partial charge in [0.1, 0.15) is 5.37 Å². The van der Waals surface area contributed by atoms with Crippen molar-refractivity contribution in [3.05, 3.63) is 23.8 Å². The van der Waals surface area contributed by atoms with Crippen LogP contribution in [0.25, 0.3) is 0 Å². The molecule has 18 heavy (non-hydrogen) atoms. The van der Waals surface area contributed by atoms with Crippen LogP contribution in [0.2, 0.25) is 0 Å². The molecule has 2 aliphatic heterocycles. The molecule has 2 aliphatic rings. The fraction of sp³-hybridized carbons (Fsp3) is 0.462. The zero-order valence-corrected chi connectivity index (χ0v) is 11.0. The minimum absolute atomic E-state index is 0.118. The van der Waals surface area contributed by atoms with Gasteiger partial charge in [0.2, 0.25) is 12.7 Å². The predicted octanol–water partition coefficient (Wildman–Crippen LogP) is 2.40. The summed E-state index contributed by atoms with van der Waals surface area (Å²) >= 11 is 1.80. The highest BCUT2D eigenvalue weighted by Crippen LogP contribution is 2.42. The van der Waals surface area contributed by atoms with Crippen LogP contribution < -0.4 is 9.47 Å². The van der Waals surface area contributed by atoms with E-state index in [2.05, 4.69) is 0 Å². The summed E-state index contributed by atoms with van der Waals surface area (Å²) in [5.41, 5.74) is 1.11. The van der Waals surface area contributed by atoms with Gasteiger partial charge in [-0.1, -0.05) is 13.0 Å². The van der Waals surface area contributed by atoms with Crippen molar-refractivity contribution in [1.82, 2.24) is 4.90 Å². The van der Waals surface area contributed by atoms with E-state index < -0.39 is 0 Å². The summed E-state index contributed by atoms with van der Waals surface area (Å²) in [4.78, 5) is 13.8. The molecule has 2 heterocycles. The van der Waals surface area contributed by atoms with Gasteiger partial charge < -0.3 is 14.4 Å². The molecular weight excluding hydrogens is 250 g/mol. The molecule has 1 atom stereocenters. The molecule has 0 N–H and O–H groups in total. The number of rotatable bonds is 2. The van der Waals surface area contributed by atoms with E-state index in [0.717, 1.165) is 29.4 Å². The highest BCUT2D eigenvalue weighted by molar-refractivity contribution is 7.99. The van der Waals surface area contributed by atoms with Crippen molar-refractivity contribution in [2.45, 2.75) is 18.7 Å². The Hall–Kier alpha value is -1.36. The lowest BCUT2D eigenvalue weighted by molar-refractivity contribution is -0.130. The second-order valence-electron chi connectivity index (χ2n) is 4.28. The molecule has 0 radical (unpaired) electrons. The first-order chi connectivity index (χ1) is 8.79. The number of hydrogen-bond donors (Lipinski definition) is 0. The Kier molecular flexibility index (Phi) is 3.07. The van der Waals surface area contributed by atoms with Gasteiger partial charge in [0.25, 0.3) is 0 Å². The van der Waals surface area contributed by atoms with Gasteiger partial charge in [-0.25, -0.2) is 0 Å². The van der Waals surface area contributed by atoms with Crippen molar-refractivity contribution < 1.29 is 14.3 Å². The van der Waals surface area contributed by atoms with Gasteiger partial charge in [-0.15, -0.1) is 11.8 Å². The lowest BCUT2D eigenvalue weighted by atomic mass is 10.2. The molecule has 96 valence electrons. The zero-order chi connectivity index (χ0) is 12.5. The van der Waals surface area contributed by atoms with E-state index in [0.29, 0.717) is 6.42 Å². The molecule has 0 saturated carbocycles. The Bertz CT molecular complexity index is 477. The average molecular weight is 265 g/mol. The Balaban J connectivity index is 1.87. The maximum atomic E-state index is 11.9. The van der Waals surface area contributed by atoms with Crippen LogP contribution in [0.1, 0.15) is 24.3 Å². The van der Waals surface area contributed by atoms with Crippen LogP contribution in [0, 0.1) is 0 Å². The van der Waals surface area contributed by atoms with Crippen LogP contribution in [0.3, 0.4) is 0 Å². The van der Waals surface area contributed by atoms with E-state index in [1.54, 1.807) is 11.8 Å². The number of benzene rings is 1. The molecular formula is C13H15NO3S. The lowest BCUT2D eigenvalue weighted by Crippen LogP contribution is -2.29. The predicted molar refractivity (Wildman–Crippen MR) is 69.8 cm³/mol. The first-order valence-electron chi connectivity index (χ1n) is 6.10. The molecule has 1 aromatic carbocycles. The highest BCUT2D eigenvalue weighted by Gasteiger charge is 2.30. The maximum absolute atomic E-state index is 11.9. The van der Waals surface area contributed by atoms with Gasteiger partial charge in [0.15, 0.2) is 11.5 Å². The molecule has 1 amide bonds. The largest absolute Gasteiger partial charge is 0.454 e. The van der Waals surface area contributed by atoms with Crippen LogP contribution in [0.4, 0.5) is 0 Å². The van der Waals surface area contributed by atoms with E-state index in [4.69, 9.17) is 9.47 Å². The number of thioether (sulfide) groups is 1. The van der Waals surface area contributed by atoms with E-state index in [1.165, 1.54) is 0 Å². The first-order valence-corrected chi connectivity index (χ1v) is 7.15. The van der Waals surface area contributed by atoms with Crippen molar-refractivity contribution in [3.8, 4) is 11.5 Å².